The Kier molecular flexibility index (Phi) is 1.77. The van der Waals surface area contributed by atoms with Gasteiger partial charge in [0.15, 0.2) is 0 Å². The molecule has 0 bridgehead atoms. The predicted molar refractivity (Wildman–Crippen MR) is 54.2 cm³/mol. The maximum absolute atomic E-state index is 11.0. The minimum atomic E-state index is -0.543. The van der Waals surface area contributed by atoms with Crippen molar-refractivity contribution in [3.8, 4) is 0 Å². The number of fused-ring (bicyclic) bond motifs is 1. The van der Waals surface area contributed by atoms with E-state index in [1.54, 1.807) is 0 Å². The predicted octanol–water partition coefficient (Wildman–Crippen LogP) is 1.58. The Morgan fingerprint density at radius 2 is 2.14 bits per heavy atom. The van der Waals surface area contributed by atoms with Gasteiger partial charge in [-0.3, -0.25) is 0 Å². The largest absolute Gasteiger partial charge is 0.350 e. The number of primary amides is 1. The molecule has 2 aromatic rings. The molecular weight excluding hydrogens is 178 g/mol. The van der Waals surface area contributed by atoms with E-state index < -0.39 is 6.03 Å². The van der Waals surface area contributed by atoms with E-state index in [4.69, 9.17) is 5.73 Å². The number of hydrogen-bond donors (Lipinski definition) is 1. The highest BCUT2D eigenvalue weighted by Gasteiger charge is 2.11. The van der Waals surface area contributed by atoms with Gasteiger partial charge >= 0.3 is 6.03 Å². The van der Waals surface area contributed by atoms with Crippen LogP contribution in [0.1, 0.15) is 11.3 Å². The zero-order valence-corrected chi connectivity index (χ0v) is 8.11. The van der Waals surface area contributed by atoms with Gasteiger partial charge in [-0.2, -0.15) is 9.78 Å². The van der Waals surface area contributed by atoms with E-state index in [0.29, 0.717) is 0 Å². The number of amides is 1. The second-order valence-electron chi connectivity index (χ2n) is 3.30. The lowest BCUT2D eigenvalue weighted by Crippen LogP contribution is -2.21. The van der Waals surface area contributed by atoms with Gasteiger partial charge in [-0.1, -0.05) is 12.1 Å². The Balaban J connectivity index is 2.87. The van der Waals surface area contributed by atoms with Gasteiger partial charge in [0, 0.05) is 5.39 Å². The van der Waals surface area contributed by atoms with Crippen molar-refractivity contribution >= 4 is 16.9 Å². The smallest absolute Gasteiger partial charge is 0.339 e. The molecule has 72 valence electrons. The summed E-state index contributed by atoms with van der Waals surface area (Å²) in [7, 11) is 0. The number of nitrogens with zero attached hydrogens (tertiary/aromatic N) is 2. The van der Waals surface area contributed by atoms with Gasteiger partial charge in [0.25, 0.3) is 0 Å². The molecule has 0 saturated heterocycles. The molecule has 1 amide bonds. The van der Waals surface area contributed by atoms with E-state index in [2.05, 4.69) is 5.10 Å². The van der Waals surface area contributed by atoms with Crippen molar-refractivity contribution < 1.29 is 4.79 Å². The highest BCUT2D eigenvalue weighted by Crippen LogP contribution is 2.20. The average molecular weight is 189 g/mol. The molecule has 1 aromatic heterocycles. The van der Waals surface area contributed by atoms with Crippen molar-refractivity contribution in [3.05, 3.63) is 29.5 Å². The molecule has 4 nitrogen and oxygen atoms in total. The van der Waals surface area contributed by atoms with Gasteiger partial charge in [0.2, 0.25) is 0 Å². The van der Waals surface area contributed by atoms with Crippen LogP contribution in [-0.4, -0.2) is 15.8 Å². The lowest BCUT2D eigenvalue weighted by molar-refractivity contribution is 0.247. The second kappa shape index (κ2) is 2.83. The number of carbonyl (C=O) groups excluding carboxylic acids is 1. The summed E-state index contributed by atoms with van der Waals surface area (Å²) >= 11 is 0. The van der Waals surface area contributed by atoms with Crippen LogP contribution in [0.3, 0.4) is 0 Å². The maximum Gasteiger partial charge on any atom is 0.339 e. The molecule has 0 fully saturated rings. The topological polar surface area (TPSA) is 60.9 Å². The van der Waals surface area contributed by atoms with Crippen molar-refractivity contribution in [1.29, 1.82) is 0 Å². The zero-order valence-electron chi connectivity index (χ0n) is 8.11. The minimum Gasteiger partial charge on any atom is -0.350 e. The number of rotatable bonds is 0. The summed E-state index contributed by atoms with van der Waals surface area (Å²) < 4.78 is 1.23. The fourth-order valence-corrected chi connectivity index (χ4v) is 1.71. The number of benzene rings is 1. The van der Waals surface area contributed by atoms with Crippen molar-refractivity contribution in [2.75, 3.05) is 0 Å². The third-order valence-electron chi connectivity index (χ3n) is 2.35. The molecule has 0 aliphatic heterocycles. The summed E-state index contributed by atoms with van der Waals surface area (Å²) in [5.41, 5.74) is 7.90. The Bertz CT molecular complexity index is 513. The SMILES string of the molecule is Cc1cccc2nn(C(N)=O)c(C)c12. The van der Waals surface area contributed by atoms with E-state index >= 15 is 0 Å². The van der Waals surface area contributed by atoms with E-state index in [1.807, 2.05) is 32.0 Å². The van der Waals surface area contributed by atoms with Gasteiger partial charge < -0.3 is 5.73 Å². The first-order valence-corrected chi connectivity index (χ1v) is 4.36. The quantitative estimate of drug-likeness (QED) is 0.683. The standard InChI is InChI=1S/C10H11N3O/c1-6-4-3-5-8-9(6)7(2)13(12-8)10(11)14/h3-5H,1-2H3,(H2,11,14). The van der Waals surface area contributed by atoms with Crippen LogP contribution in [0.2, 0.25) is 0 Å². The van der Waals surface area contributed by atoms with E-state index in [1.165, 1.54) is 4.68 Å². The number of nitrogens with two attached hydrogens (primary N) is 1. The molecule has 0 radical (unpaired) electrons. The molecule has 0 aliphatic carbocycles. The summed E-state index contributed by atoms with van der Waals surface area (Å²) in [4.78, 5) is 11.0. The Morgan fingerprint density at radius 1 is 1.43 bits per heavy atom. The molecule has 0 saturated carbocycles. The molecule has 1 aromatic carbocycles. The monoisotopic (exact) mass is 189 g/mol. The van der Waals surface area contributed by atoms with Crippen LogP contribution in [0.25, 0.3) is 10.9 Å². The fraction of sp³-hybridized carbons (Fsp3) is 0.200. The lowest BCUT2D eigenvalue weighted by atomic mass is 10.1. The first-order valence-electron chi connectivity index (χ1n) is 4.36. The molecule has 1 heterocycles. The van der Waals surface area contributed by atoms with E-state index in [9.17, 15) is 4.79 Å². The minimum absolute atomic E-state index is 0.543. The van der Waals surface area contributed by atoms with Crippen molar-refractivity contribution in [2.24, 2.45) is 5.73 Å². The van der Waals surface area contributed by atoms with Gasteiger partial charge in [-0.05, 0) is 25.5 Å². The Morgan fingerprint density at radius 3 is 2.71 bits per heavy atom. The molecule has 14 heavy (non-hydrogen) atoms. The third-order valence-corrected chi connectivity index (χ3v) is 2.35. The normalized spacial score (nSPS) is 10.7. The van der Waals surface area contributed by atoms with Gasteiger partial charge in [-0.15, -0.1) is 0 Å². The van der Waals surface area contributed by atoms with Crippen LogP contribution >= 0.6 is 0 Å². The molecule has 0 aliphatic rings. The van der Waals surface area contributed by atoms with Gasteiger partial charge in [0.1, 0.15) is 0 Å². The number of aryl methyl sites for hydroxylation is 2. The van der Waals surface area contributed by atoms with Gasteiger partial charge in [-0.25, -0.2) is 4.79 Å². The molecule has 0 atom stereocenters. The lowest BCUT2D eigenvalue weighted by Gasteiger charge is -1.97. The van der Waals surface area contributed by atoms with E-state index in [0.717, 1.165) is 22.2 Å². The van der Waals surface area contributed by atoms with Crippen LogP contribution in [0.5, 0.6) is 0 Å². The maximum atomic E-state index is 11.0. The van der Waals surface area contributed by atoms with Crippen molar-refractivity contribution in [3.63, 3.8) is 0 Å². The molecule has 2 N–H and O–H groups in total. The highest BCUT2D eigenvalue weighted by molar-refractivity contribution is 5.89. The third kappa shape index (κ3) is 1.08. The number of aromatic nitrogens is 2. The first-order chi connectivity index (χ1) is 6.61. The zero-order chi connectivity index (χ0) is 10.3. The fourth-order valence-electron chi connectivity index (χ4n) is 1.71. The van der Waals surface area contributed by atoms with E-state index in [-0.39, 0.29) is 0 Å². The summed E-state index contributed by atoms with van der Waals surface area (Å²) in [6.07, 6.45) is 0. The van der Waals surface area contributed by atoms with Crippen LogP contribution < -0.4 is 5.73 Å². The molecule has 4 heteroatoms. The van der Waals surface area contributed by atoms with Crippen molar-refractivity contribution in [1.82, 2.24) is 9.78 Å². The van der Waals surface area contributed by atoms with Crippen molar-refractivity contribution in [2.45, 2.75) is 13.8 Å². The van der Waals surface area contributed by atoms with Crippen LogP contribution in [0.4, 0.5) is 4.79 Å². The molecule has 0 unspecified atom stereocenters. The summed E-state index contributed by atoms with van der Waals surface area (Å²) in [5, 5.41) is 5.12. The first kappa shape index (κ1) is 8.74. The average Bonchev–Trinajstić information content (AvgIpc) is 2.45. The van der Waals surface area contributed by atoms with Crippen LogP contribution in [0.15, 0.2) is 18.2 Å². The molecule has 0 spiro atoms. The van der Waals surface area contributed by atoms with Crippen LogP contribution in [0, 0.1) is 13.8 Å². The highest BCUT2D eigenvalue weighted by atomic mass is 16.2. The Hall–Kier alpha value is -1.84. The van der Waals surface area contributed by atoms with Crippen LogP contribution in [-0.2, 0) is 0 Å². The number of hydrogen-bond acceptors (Lipinski definition) is 2. The summed E-state index contributed by atoms with van der Waals surface area (Å²) in [6.45, 7) is 3.83. The molecular formula is C10H11N3O. The van der Waals surface area contributed by atoms with Gasteiger partial charge in [0.05, 0.1) is 11.2 Å². The number of carbonyl (C=O) groups is 1. The molecule has 2 rings (SSSR count). The Labute approximate surface area is 81.3 Å². The summed E-state index contributed by atoms with van der Waals surface area (Å²) in [6, 6.07) is 5.23. The summed E-state index contributed by atoms with van der Waals surface area (Å²) in [5.74, 6) is 0. The second-order valence-corrected chi connectivity index (χ2v) is 3.30.